The Balaban J connectivity index is 1.89. The Labute approximate surface area is 112 Å². The Bertz CT molecular complexity index is 568. The molecule has 1 heterocycles. The van der Waals surface area contributed by atoms with Crippen LogP contribution in [0.5, 0.6) is 0 Å². The lowest BCUT2D eigenvalue weighted by molar-refractivity contribution is 0.766. The Morgan fingerprint density at radius 1 is 1.17 bits per heavy atom. The first-order valence-corrected chi connectivity index (χ1v) is 6.60. The predicted octanol–water partition coefficient (Wildman–Crippen LogP) is 3.71. The van der Waals surface area contributed by atoms with Gasteiger partial charge in [-0.05, 0) is 36.6 Å². The van der Waals surface area contributed by atoms with Crippen molar-refractivity contribution in [1.82, 2.24) is 4.98 Å². The number of aromatic nitrogens is 1. The smallest absolute Gasteiger partial charge is 0.126 e. The topological polar surface area (TPSA) is 24.9 Å². The molecule has 0 saturated carbocycles. The number of alkyl halides is 1. The maximum Gasteiger partial charge on any atom is 0.126 e. The fourth-order valence-electron chi connectivity index (χ4n) is 2.50. The van der Waals surface area contributed by atoms with Gasteiger partial charge in [-0.25, -0.2) is 4.98 Å². The molecule has 0 aliphatic heterocycles. The van der Waals surface area contributed by atoms with Crippen molar-refractivity contribution in [3.63, 3.8) is 0 Å². The fourth-order valence-corrected chi connectivity index (χ4v) is 2.86. The molecule has 1 aliphatic carbocycles. The second-order valence-corrected chi connectivity index (χ2v) is 5.27. The van der Waals surface area contributed by atoms with Crippen molar-refractivity contribution in [2.24, 2.45) is 0 Å². The molecule has 0 radical (unpaired) electrons. The highest BCUT2D eigenvalue weighted by atomic mass is 35.5. The number of pyridine rings is 1. The average Bonchev–Trinajstić information content (AvgIpc) is 2.66. The highest BCUT2D eigenvalue weighted by molar-refractivity contribution is 6.21. The predicted molar refractivity (Wildman–Crippen MR) is 75.1 cm³/mol. The SMILES string of the molecule is Cc1cccc(NC2c3ccccc3CC2Cl)n1. The van der Waals surface area contributed by atoms with Crippen molar-refractivity contribution in [3.8, 4) is 0 Å². The second kappa shape index (κ2) is 4.62. The molecule has 0 amide bonds. The number of anilines is 1. The van der Waals surface area contributed by atoms with Crippen molar-refractivity contribution in [3.05, 3.63) is 59.3 Å². The first-order chi connectivity index (χ1) is 8.74. The van der Waals surface area contributed by atoms with Crippen LogP contribution in [0.1, 0.15) is 22.9 Å². The third kappa shape index (κ3) is 2.08. The number of halogens is 1. The third-order valence-electron chi connectivity index (χ3n) is 3.36. The molecule has 18 heavy (non-hydrogen) atoms. The molecule has 1 N–H and O–H groups in total. The third-order valence-corrected chi connectivity index (χ3v) is 3.76. The number of hydrogen-bond acceptors (Lipinski definition) is 2. The van der Waals surface area contributed by atoms with Crippen LogP contribution in [0.2, 0.25) is 0 Å². The van der Waals surface area contributed by atoms with E-state index >= 15 is 0 Å². The average molecular weight is 259 g/mol. The van der Waals surface area contributed by atoms with E-state index in [0.717, 1.165) is 17.9 Å². The lowest BCUT2D eigenvalue weighted by Gasteiger charge is -2.18. The molecule has 1 aromatic heterocycles. The minimum atomic E-state index is 0.0877. The lowest BCUT2D eigenvalue weighted by Crippen LogP contribution is -2.17. The number of aryl methyl sites for hydroxylation is 1. The fraction of sp³-hybridized carbons (Fsp3) is 0.267. The van der Waals surface area contributed by atoms with Crippen LogP contribution < -0.4 is 5.32 Å². The Morgan fingerprint density at radius 3 is 2.83 bits per heavy atom. The van der Waals surface area contributed by atoms with Crippen LogP contribution in [0.25, 0.3) is 0 Å². The molecule has 1 aromatic carbocycles. The zero-order chi connectivity index (χ0) is 12.5. The molecule has 0 fully saturated rings. The zero-order valence-corrected chi connectivity index (χ0v) is 11.0. The van der Waals surface area contributed by atoms with Gasteiger partial charge < -0.3 is 5.32 Å². The van der Waals surface area contributed by atoms with Gasteiger partial charge in [0.25, 0.3) is 0 Å². The quantitative estimate of drug-likeness (QED) is 0.831. The van der Waals surface area contributed by atoms with E-state index < -0.39 is 0 Å². The van der Waals surface area contributed by atoms with E-state index in [1.54, 1.807) is 0 Å². The largest absolute Gasteiger partial charge is 0.362 e. The maximum absolute atomic E-state index is 6.44. The summed E-state index contributed by atoms with van der Waals surface area (Å²) in [5.74, 6) is 0.891. The summed E-state index contributed by atoms with van der Waals surface area (Å²) in [5.41, 5.74) is 3.64. The van der Waals surface area contributed by atoms with Gasteiger partial charge >= 0.3 is 0 Å². The van der Waals surface area contributed by atoms with Crippen LogP contribution >= 0.6 is 11.6 Å². The van der Waals surface area contributed by atoms with E-state index in [4.69, 9.17) is 11.6 Å². The first-order valence-electron chi connectivity index (χ1n) is 6.16. The highest BCUT2D eigenvalue weighted by Crippen LogP contribution is 2.36. The first kappa shape index (κ1) is 11.5. The van der Waals surface area contributed by atoms with Gasteiger partial charge in [-0.1, -0.05) is 30.3 Å². The lowest BCUT2D eigenvalue weighted by atomic mass is 10.1. The molecule has 2 aromatic rings. The molecule has 3 heteroatoms. The van der Waals surface area contributed by atoms with Gasteiger partial charge in [0.15, 0.2) is 0 Å². The normalized spacial score (nSPS) is 21.7. The number of rotatable bonds is 2. The summed E-state index contributed by atoms with van der Waals surface area (Å²) in [4.78, 5) is 4.47. The summed E-state index contributed by atoms with van der Waals surface area (Å²) in [7, 11) is 0. The van der Waals surface area contributed by atoms with Crippen LogP contribution in [-0.4, -0.2) is 10.4 Å². The Morgan fingerprint density at radius 2 is 2.00 bits per heavy atom. The molecular formula is C15H15ClN2. The van der Waals surface area contributed by atoms with Gasteiger partial charge in [0.05, 0.1) is 11.4 Å². The molecule has 2 nitrogen and oxygen atoms in total. The summed E-state index contributed by atoms with van der Waals surface area (Å²) < 4.78 is 0. The van der Waals surface area contributed by atoms with Gasteiger partial charge in [0.1, 0.15) is 5.82 Å². The number of fused-ring (bicyclic) bond motifs is 1. The van der Waals surface area contributed by atoms with Gasteiger partial charge in [-0.15, -0.1) is 11.6 Å². The maximum atomic E-state index is 6.44. The molecule has 0 spiro atoms. The number of nitrogens with one attached hydrogen (secondary N) is 1. The van der Waals surface area contributed by atoms with Crippen molar-refractivity contribution < 1.29 is 0 Å². The summed E-state index contributed by atoms with van der Waals surface area (Å²) in [6.07, 6.45) is 0.918. The van der Waals surface area contributed by atoms with Crippen LogP contribution in [0.4, 0.5) is 5.82 Å². The summed E-state index contributed by atoms with van der Waals surface area (Å²) in [6.45, 7) is 1.99. The van der Waals surface area contributed by atoms with E-state index in [2.05, 4.69) is 34.6 Å². The van der Waals surface area contributed by atoms with E-state index in [-0.39, 0.29) is 11.4 Å². The van der Waals surface area contributed by atoms with Crippen LogP contribution in [-0.2, 0) is 6.42 Å². The van der Waals surface area contributed by atoms with Gasteiger partial charge in [-0.2, -0.15) is 0 Å². The van der Waals surface area contributed by atoms with Crippen LogP contribution in [0.15, 0.2) is 42.5 Å². The van der Waals surface area contributed by atoms with Gasteiger partial charge in [0, 0.05) is 5.69 Å². The molecule has 3 rings (SSSR count). The van der Waals surface area contributed by atoms with E-state index in [9.17, 15) is 0 Å². The van der Waals surface area contributed by atoms with Crippen LogP contribution in [0, 0.1) is 6.92 Å². The van der Waals surface area contributed by atoms with Gasteiger partial charge in [0.2, 0.25) is 0 Å². The minimum Gasteiger partial charge on any atom is -0.362 e. The molecule has 92 valence electrons. The number of benzene rings is 1. The van der Waals surface area contributed by atoms with E-state index in [1.165, 1.54) is 11.1 Å². The molecule has 0 saturated heterocycles. The van der Waals surface area contributed by atoms with Crippen molar-refractivity contribution in [1.29, 1.82) is 0 Å². The Hall–Kier alpha value is -1.54. The van der Waals surface area contributed by atoms with Crippen molar-refractivity contribution in [2.45, 2.75) is 24.8 Å². The molecule has 2 atom stereocenters. The van der Waals surface area contributed by atoms with E-state index in [1.807, 2.05) is 25.1 Å². The number of nitrogens with zero attached hydrogens (tertiary/aromatic N) is 1. The zero-order valence-electron chi connectivity index (χ0n) is 10.2. The molecular weight excluding hydrogens is 244 g/mol. The summed E-state index contributed by atoms with van der Waals surface area (Å²) >= 11 is 6.44. The summed E-state index contributed by atoms with van der Waals surface area (Å²) in [5, 5.41) is 3.53. The van der Waals surface area contributed by atoms with Crippen molar-refractivity contribution in [2.75, 3.05) is 5.32 Å². The highest BCUT2D eigenvalue weighted by Gasteiger charge is 2.30. The molecule has 1 aliphatic rings. The Kier molecular flexibility index (Phi) is 2.96. The van der Waals surface area contributed by atoms with Crippen molar-refractivity contribution >= 4 is 17.4 Å². The molecule has 0 bridgehead atoms. The standard InChI is InChI=1S/C15H15ClN2/c1-10-5-4-8-14(17-10)18-15-12-7-3-2-6-11(12)9-13(15)16/h2-8,13,15H,9H2,1H3,(H,17,18). The minimum absolute atomic E-state index is 0.0877. The van der Waals surface area contributed by atoms with Gasteiger partial charge in [-0.3, -0.25) is 0 Å². The monoisotopic (exact) mass is 258 g/mol. The summed E-state index contributed by atoms with van der Waals surface area (Å²) in [6, 6.07) is 14.6. The number of hydrogen-bond donors (Lipinski definition) is 1. The van der Waals surface area contributed by atoms with Crippen LogP contribution in [0.3, 0.4) is 0 Å². The molecule has 2 unspecified atom stereocenters. The van der Waals surface area contributed by atoms with E-state index in [0.29, 0.717) is 0 Å². The second-order valence-electron chi connectivity index (χ2n) is 4.71.